The zero-order valence-corrected chi connectivity index (χ0v) is 14.3. The number of fused-ring (bicyclic) bond motifs is 1. The lowest BCUT2D eigenvalue weighted by atomic mass is 9.89. The van der Waals surface area contributed by atoms with Crippen LogP contribution in [0, 0.1) is 5.82 Å². The van der Waals surface area contributed by atoms with Crippen LogP contribution in [-0.2, 0) is 0 Å². The molecule has 4 nitrogen and oxygen atoms in total. The maximum atomic E-state index is 13.9. The zero-order chi connectivity index (χ0) is 17.4. The van der Waals surface area contributed by atoms with Gasteiger partial charge in [-0.25, -0.2) is 9.37 Å². The van der Waals surface area contributed by atoms with Gasteiger partial charge in [0, 0.05) is 35.9 Å². The summed E-state index contributed by atoms with van der Waals surface area (Å²) in [6, 6.07) is 8.08. The van der Waals surface area contributed by atoms with Crippen LogP contribution in [0.3, 0.4) is 0 Å². The monoisotopic (exact) mass is 357 g/mol. The van der Waals surface area contributed by atoms with Crippen molar-refractivity contribution in [3.63, 3.8) is 0 Å². The number of piperidine rings is 1. The molecule has 0 aliphatic carbocycles. The fourth-order valence-electron chi connectivity index (χ4n) is 3.54. The molecule has 2 aromatic heterocycles. The molecule has 128 valence electrons. The normalized spacial score (nSPS) is 15.7. The Morgan fingerprint density at radius 1 is 1.28 bits per heavy atom. The van der Waals surface area contributed by atoms with Crippen molar-refractivity contribution >= 4 is 28.5 Å². The summed E-state index contributed by atoms with van der Waals surface area (Å²) in [7, 11) is 0. The Kier molecular flexibility index (Phi) is 4.17. The zero-order valence-electron chi connectivity index (χ0n) is 13.5. The Labute approximate surface area is 149 Å². The Morgan fingerprint density at radius 3 is 2.88 bits per heavy atom. The standard InChI is InChI=1S/C19H17ClFN3O/c20-13-3-4-17(21)15(10-13)19(25)24-8-5-12(6-9-24)16-11-23-18-14(16)2-1-7-22-18/h1-4,7,10-12H,5-6,8-9H2,(H,22,23). The van der Waals surface area contributed by atoms with Gasteiger partial charge < -0.3 is 9.88 Å². The van der Waals surface area contributed by atoms with E-state index in [0.717, 1.165) is 23.9 Å². The van der Waals surface area contributed by atoms with Crippen LogP contribution in [0.15, 0.2) is 42.7 Å². The molecule has 0 radical (unpaired) electrons. The van der Waals surface area contributed by atoms with Crippen LogP contribution >= 0.6 is 11.6 Å². The van der Waals surface area contributed by atoms with Crippen LogP contribution < -0.4 is 0 Å². The average molecular weight is 358 g/mol. The van der Waals surface area contributed by atoms with Crippen molar-refractivity contribution in [2.45, 2.75) is 18.8 Å². The van der Waals surface area contributed by atoms with Crippen molar-refractivity contribution in [1.82, 2.24) is 14.9 Å². The smallest absolute Gasteiger partial charge is 0.256 e. The molecular formula is C19H17ClFN3O. The van der Waals surface area contributed by atoms with Gasteiger partial charge in [0.2, 0.25) is 0 Å². The third-order valence-corrected chi connectivity index (χ3v) is 5.10. The quantitative estimate of drug-likeness (QED) is 0.740. The SMILES string of the molecule is O=C(c1cc(Cl)ccc1F)N1CCC(c2c[nH]c3ncccc23)CC1. The van der Waals surface area contributed by atoms with E-state index in [1.165, 1.54) is 23.8 Å². The van der Waals surface area contributed by atoms with Gasteiger partial charge in [0.05, 0.1) is 5.56 Å². The van der Waals surface area contributed by atoms with Gasteiger partial charge in [0.1, 0.15) is 11.5 Å². The molecule has 0 atom stereocenters. The number of amides is 1. The largest absolute Gasteiger partial charge is 0.346 e. The van der Waals surface area contributed by atoms with Gasteiger partial charge in [0.15, 0.2) is 0 Å². The molecule has 1 aromatic carbocycles. The first kappa shape index (κ1) is 16.1. The molecule has 1 amide bonds. The number of carbonyl (C=O) groups excluding carboxylic acids is 1. The number of benzene rings is 1. The first-order valence-corrected chi connectivity index (χ1v) is 8.67. The van der Waals surface area contributed by atoms with E-state index in [2.05, 4.69) is 16.0 Å². The molecule has 3 heterocycles. The Hall–Kier alpha value is -2.40. The Morgan fingerprint density at radius 2 is 2.08 bits per heavy atom. The predicted octanol–water partition coefficient (Wildman–Crippen LogP) is 4.38. The summed E-state index contributed by atoms with van der Waals surface area (Å²) in [5.74, 6) is -0.454. The topological polar surface area (TPSA) is 49.0 Å². The molecular weight excluding hydrogens is 341 g/mol. The molecule has 0 saturated carbocycles. The Bertz CT molecular complexity index is 931. The second kappa shape index (κ2) is 6.48. The van der Waals surface area contributed by atoms with Crippen LogP contribution in [-0.4, -0.2) is 33.9 Å². The van der Waals surface area contributed by atoms with Crippen LogP contribution in [0.25, 0.3) is 11.0 Å². The number of likely N-dealkylation sites (tertiary alicyclic amines) is 1. The summed E-state index contributed by atoms with van der Waals surface area (Å²) in [5, 5.41) is 1.50. The summed E-state index contributed by atoms with van der Waals surface area (Å²) in [4.78, 5) is 21.8. The highest BCUT2D eigenvalue weighted by Crippen LogP contribution is 2.33. The fraction of sp³-hybridized carbons (Fsp3) is 0.263. The van der Waals surface area contributed by atoms with Crippen LogP contribution in [0.1, 0.15) is 34.7 Å². The van der Waals surface area contributed by atoms with Gasteiger partial charge in [-0.05, 0) is 54.7 Å². The number of nitrogens with one attached hydrogen (secondary N) is 1. The highest BCUT2D eigenvalue weighted by molar-refractivity contribution is 6.31. The van der Waals surface area contributed by atoms with E-state index in [9.17, 15) is 9.18 Å². The molecule has 1 fully saturated rings. The number of carbonyl (C=O) groups is 1. The average Bonchev–Trinajstić information content (AvgIpc) is 3.07. The number of nitrogens with zero attached hydrogens (tertiary/aromatic N) is 2. The van der Waals surface area contributed by atoms with E-state index in [1.54, 1.807) is 11.1 Å². The minimum absolute atomic E-state index is 0.0437. The number of H-pyrrole nitrogens is 1. The number of rotatable bonds is 2. The van der Waals surface area contributed by atoms with E-state index < -0.39 is 5.82 Å². The third-order valence-electron chi connectivity index (χ3n) is 4.86. The molecule has 4 rings (SSSR count). The molecule has 0 unspecified atom stereocenters. The molecule has 0 bridgehead atoms. The summed E-state index contributed by atoms with van der Waals surface area (Å²) >= 11 is 5.90. The summed E-state index contributed by atoms with van der Waals surface area (Å²) < 4.78 is 13.9. The van der Waals surface area contributed by atoms with Crippen molar-refractivity contribution in [2.24, 2.45) is 0 Å². The van der Waals surface area contributed by atoms with Crippen molar-refractivity contribution in [3.8, 4) is 0 Å². The maximum Gasteiger partial charge on any atom is 0.256 e. The lowest BCUT2D eigenvalue weighted by Gasteiger charge is -2.32. The van der Waals surface area contributed by atoms with Gasteiger partial charge in [-0.1, -0.05) is 11.6 Å². The lowest BCUT2D eigenvalue weighted by Crippen LogP contribution is -2.38. The van der Waals surface area contributed by atoms with Gasteiger partial charge in [-0.15, -0.1) is 0 Å². The van der Waals surface area contributed by atoms with Crippen LogP contribution in [0.5, 0.6) is 0 Å². The minimum atomic E-state index is -0.528. The summed E-state index contributed by atoms with van der Waals surface area (Å²) in [5.41, 5.74) is 2.17. The van der Waals surface area contributed by atoms with E-state index in [-0.39, 0.29) is 11.5 Å². The van der Waals surface area contributed by atoms with Gasteiger partial charge in [0.25, 0.3) is 5.91 Å². The number of hydrogen-bond donors (Lipinski definition) is 1. The second-order valence-electron chi connectivity index (χ2n) is 6.33. The molecule has 25 heavy (non-hydrogen) atoms. The highest BCUT2D eigenvalue weighted by atomic mass is 35.5. The fourth-order valence-corrected chi connectivity index (χ4v) is 3.71. The van der Waals surface area contributed by atoms with Crippen molar-refractivity contribution in [3.05, 3.63) is 64.7 Å². The Balaban J connectivity index is 1.50. The van der Waals surface area contributed by atoms with Gasteiger partial charge in [-0.2, -0.15) is 0 Å². The van der Waals surface area contributed by atoms with E-state index >= 15 is 0 Å². The first-order chi connectivity index (χ1) is 12.1. The molecule has 3 aromatic rings. The first-order valence-electron chi connectivity index (χ1n) is 8.30. The molecule has 1 aliphatic rings. The van der Waals surface area contributed by atoms with Crippen molar-refractivity contribution in [2.75, 3.05) is 13.1 Å². The molecule has 1 saturated heterocycles. The number of aromatic amines is 1. The molecule has 1 N–H and O–H groups in total. The molecule has 0 spiro atoms. The van der Waals surface area contributed by atoms with Crippen molar-refractivity contribution < 1.29 is 9.18 Å². The number of hydrogen-bond acceptors (Lipinski definition) is 2. The van der Waals surface area contributed by atoms with Crippen molar-refractivity contribution in [1.29, 1.82) is 0 Å². The van der Waals surface area contributed by atoms with Crippen LogP contribution in [0.4, 0.5) is 4.39 Å². The second-order valence-corrected chi connectivity index (χ2v) is 6.77. The highest BCUT2D eigenvalue weighted by Gasteiger charge is 2.27. The molecule has 6 heteroatoms. The van der Waals surface area contributed by atoms with E-state index in [1.807, 2.05) is 12.3 Å². The van der Waals surface area contributed by atoms with Gasteiger partial charge >= 0.3 is 0 Å². The predicted molar refractivity (Wildman–Crippen MR) is 95.4 cm³/mol. The minimum Gasteiger partial charge on any atom is -0.346 e. The number of aromatic nitrogens is 2. The number of pyridine rings is 1. The number of halogens is 2. The lowest BCUT2D eigenvalue weighted by molar-refractivity contribution is 0.0708. The maximum absolute atomic E-state index is 13.9. The summed E-state index contributed by atoms with van der Waals surface area (Å²) in [6.45, 7) is 1.20. The van der Waals surface area contributed by atoms with Gasteiger partial charge in [-0.3, -0.25) is 4.79 Å². The molecule has 1 aliphatic heterocycles. The van der Waals surface area contributed by atoms with E-state index in [0.29, 0.717) is 24.0 Å². The summed E-state index contributed by atoms with van der Waals surface area (Å²) in [6.07, 6.45) is 5.46. The van der Waals surface area contributed by atoms with Crippen LogP contribution in [0.2, 0.25) is 5.02 Å². The third kappa shape index (κ3) is 3.00. The van der Waals surface area contributed by atoms with E-state index in [4.69, 9.17) is 11.6 Å².